The molecule has 0 aromatic heterocycles. The summed E-state index contributed by atoms with van der Waals surface area (Å²) >= 11 is 0. The maximum atomic E-state index is 10.7. The minimum Gasteiger partial charge on any atom is -0.477 e. The molecule has 1 rings (SSSR count). The summed E-state index contributed by atoms with van der Waals surface area (Å²) in [5.41, 5.74) is 0. The van der Waals surface area contributed by atoms with Crippen LogP contribution in [0.4, 0.5) is 0 Å². The lowest BCUT2D eigenvalue weighted by Gasteiger charge is -2.41. The summed E-state index contributed by atoms with van der Waals surface area (Å²) in [7, 11) is 0. The quantitative estimate of drug-likeness (QED) is 0.298. The zero-order chi connectivity index (χ0) is 12.5. The molecule has 0 bridgehead atoms. The van der Waals surface area contributed by atoms with Gasteiger partial charge in [-0.05, 0) is 0 Å². The van der Waals surface area contributed by atoms with Gasteiger partial charge in [-0.2, -0.15) is 0 Å². The van der Waals surface area contributed by atoms with Crippen LogP contribution in [0.5, 0.6) is 0 Å². The largest absolute Gasteiger partial charge is 0.477 e. The van der Waals surface area contributed by atoms with Crippen molar-refractivity contribution in [3.05, 3.63) is 0 Å². The first-order chi connectivity index (χ1) is 7.31. The number of carboxylic acid groups (broad SMARTS) is 1. The minimum absolute atomic E-state index is 0.724. The van der Waals surface area contributed by atoms with Crippen LogP contribution in [-0.4, -0.2) is 73.4 Å². The van der Waals surface area contributed by atoms with Gasteiger partial charge in [-0.1, -0.05) is 0 Å². The van der Waals surface area contributed by atoms with Crippen molar-refractivity contribution in [2.75, 3.05) is 6.61 Å². The monoisotopic (exact) mass is 238 g/mol. The molecule has 8 heteroatoms. The number of aliphatic hydroxyl groups is 5. The summed E-state index contributed by atoms with van der Waals surface area (Å²) in [4.78, 5) is 10.7. The second-order valence-corrected chi connectivity index (χ2v) is 3.68. The van der Waals surface area contributed by atoms with Crippen LogP contribution in [0.3, 0.4) is 0 Å². The highest BCUT2D eigenvalue weighted by Crippen LogP contribution is 2.29. The van der Waals surface area contributed by atoms with Gasteiger partial charge in [0.1, 0.15) is 18.3 Å². The van der Waals surface area contributed by atoms with Crippen molar-refractivity contribution in [2.24, 2.45) is 0 Å². The number of rotatable bonds is 3. The normalized spacial score (nSPS) is 41.7. The van der Waals surface area contributed by atoms with Crippen molar-refractivity contribution >= 4 is 5.97 Å². The van der Waals surface area contributed by atoms with Gasteiger partial charge in [0.2, 0.25) is 0 Å². The average Bonchev–Trinajstić information content (AvgIpc) is 2.22. The van der Waals surface area contributed by atoms with Crippen LogP contribution in [0.1, 0.15) is 6.42 Å². The van der Waals surface area contributed by atoms with E-state index in [9.17, 15) is 25.2 Å². The zero-order valence-electron chi connectivity index (χ0n) is 8.22. The van der Waals surface area contributed by atoms with E-state index >= 15 is 0 Å². The number of hydrogen-bond donors (Lipinski definition) is 6. The molecule has 0 aromatic rings. The Bertz CT molecular complexity index is 269. The van der Waals surface area contributed by atoms with Crippen molar-refractivity contribution in [1.29, 1.82) is 0 Å². The molecule has 1 heterocycles. The summed E-state index contributed by atoms with van der Waals surface area (Å²) < 4.78 is 4.61. The lowest BCUT2D eigenvalue weighted by atomic mass is 9.93. The molecule has 0 unspecified atom stereocenters. The Labute approximate surface area is 90.3 Å². The summed E-state index contributed by atoms with van der Waals surface area (Å²) in [6.45, 7) is -0.801. The van der Waals surface area contributed by atoms with E-state index in [1.54, 1.807) is 0 Å². The van der Waals surface area contributed by atoms with Crippen molar-refractivity contribution in [3.63, 3.8) is 0 Å². The third kappa shape index (κ3) is 2.32. The van der Waals surface area contributed by atoms with Gasteiger partial charge in [-0.25, -0.2) is 4.79 Å². The van der Waals surface area contributed by atoms with E-state index in [-0.39, 0.29) is 0 Å². The summed E-state index contributed by atoms with van der Waals surface area (Å²) in [6, 6.07) is 0. The molecule has 0 aliphatic carbocycles. The molecule has 1 aliphatic rings. The third-order valence-corrected chi connectivity index (χ3v) is 2.45. The maximum Gasteiger partial charge on any atom is 0.364 e. The Balaban J connectivity index is 2.89. The summed E-state index contributed by atoms with van der Waals surface area (Å²) in [5, 5.41) is 54.7. The SMILES string of the molecule is O=C(O)[C@]1(O)C[C@@H](O)[C@@H](O)[C@@H]([C@H](O)CO)O1. The van der Waals surface area contributed by atoms with Crippen LogP contribution in [0.25, 0.3) is 0 Å². The topological polar surface area (TPSA) is 148 Å². The third-order valence-electron chi connectivity index (χ3n) is 2.45. The summed E-state index contributed by atoms with van der Waals surface area (Å²) in [5.74, 6) is -4.42. The van der Waals surface area contributed by atoms with Crippen molar-refractivity contribution in [2.45, 2.75) is 36.6 Å². The molecule has 0 amide bonds. The van der Waals surface area contributed by atoms with E-state index in [1.165, 1.54) is 0 Å². The Morgan fingerprint density at radius 1 is 1.50 bits per heavy atom. The number of carbonyl (C=O) groups is 1. The Morgan fingerprint density at radius 3 is 2.50 bits per heavy atom. The smallest absolute Gasteiger partial charge is 0.364 e. The van der Waals surface area contributed by atoms with Gasteiger partial charge in [0, 0.05) is 6.42 Å². The molecule has 0 aromatic carbocycles. The molecular formula is C8H14O8. The Kier molecular flexibility index (Phi) is 3.84. The molecule has 94 valence electrons. The van der Waals surface area contributed by atoms with Crippen LogP contribution in [0, 0.1) is 0 Å². The number of hydrogen-bond acceptors (Lipinski definition) is 7. The van der Waals surface area contributed by atoms with Gasteiger partial charge in [0.05, 0.1) is 12.7 Å². The average molecular weight is 238 g/mol. The molecular weight excluding hydrogens is 224 g/mol. The molecule has 8 nitrogen and oxygen atoms in total. The first kappa shape index (κ1) is 13.3. The molecule has 1 fully saturated rings. The fraction of sp³-hybridized carbons (Fsp3) is 0.875. The van der Waals surface area contributed by atoms with Crippen molar-refractivity contribution in [3.8, 4) is 0 Å². The highest BCUT2D eigenvalue weighted by atomic mass is 16.7. The van der Waals surface area contributed by atoms with Crippen molar-refractivity contribution in [1.82, 2.24) is 0 Å². The van der Waals surface area contributed by atoms with Crippen LogP contribution < -0.4 is 0 Å². The number of carboxylic acids is 1. The van der Waals surface area contributed by atoms with E-state index in [2.05, 4.69) is 4.74 Å². The Morgan fingerprint density at radius 2 is 2.06 bits per heavy atom. The summed E-state index contributed by atoms with van der Waals surface area (Å²) in [6.07, 6.45) is -7.05. The predicted molar refractivity (Wildman–Crippen MR) is 47.2 cm³/mol. The van der Waals surface area contributed by atoms with Crippen molar-refractivity contribution < 1.29 is 40.2 Å². The van der Waals surface area contributed by atoms with Crippen LogP contribution in [0.15, 0.2) is 0 Å². The molecule has 5 atom stereocenters. The fourth-order valence-corrected chi connectivity index (χ4v) is 1.51. The fourth-order valence-electron chi connectivity index (χ4n) is 1.51. The van der Waals surface area contributed by atoms with E-state index in [0.29, 0.717) is 0 Å². The predicted octanol–water partition coefficient (Wildman–Crippen LogP) is -3.38. The zero-order valence-corrected chi connectivity index (χ0v) is 8.22. The molecule has 1 saturated heterocycles. The van der Waals surface area contributed by atoms with E-state index in [1.807, 2.05) is 0 Å². The van der Waals surface area contributed by atoms with Gasteiger partial charge in [-0.15, -0.1) is 0 Å². The number of aliphatic hydroxyl groups excluding tert-OH is 4. The van der Waals surface area contributed by atoms with Gasteiger partial charge in [0.25, 0.3) is 5.79 Å². The number of ether oxygens (including phenoxy) is 1. The molecule has 0 saturated carbocycles. The molecule has 0 radical (unpaired) electrons. The van der Waals surface area contributed by atoms with Gasteiger partial charge in [0.15, 0.2) is 0 Å². The van der Waals surface area contributed by atoms with Crippen LogP contribution >= 0.6 is 0 Å². The highest BCUT2D eigenvalue weighted by Gasteiger charge is 2.52. The van der Waals surface area contributed by atoms with E-state index in [0.717, 1.165) is 0 Å². The molecule has 1 aliphatic heterocycles. The Hall–Kier alpha value is -0.770. The molecule has 0 spiro atoms. The van der Waals surface area contributed by atoms with E-state index in [4.69, 9.17) is 10.2 Å². The van der Waals surface area contributed by atoms with Crippen LogP contribution in [-0.2, 0) is 9.53 Å². The first-order valence-electron chi connectivity index (χ1n) is 4.60. The first-order valence-corrected chi connectivity index (χ1v) is 4.60. The number of aliphatic carboxylic acids is 1. The lowest BCUT2D eigenvalue weighted by molar-refractivity contribution is -0.308. The standard InChI is InChI=1S/C8H14O8/c9-2-4(11)6-5(12)3(10)1-8(15,16-6)7(13)14/h3-6,9-12,15H,1-2H2,(H,13,14)/t3-,4-,5-,6-,8+/m1/s1. The molecule has 16 heavy (non-hydrogen) atoms. The highest BCUT2D eigenvalue weighted by molar-refractivity contribution is 5.75. The molecule has 6 N–H and O–H groups in total. The second-order valence-electron chi connectivity index (χ2n) is 3.68. The van der Waals surface area contributed by atoms with Gasteiger partial charge in [-0.3, -0.25) is 0 Å². The maximum absolute atomic E-state index is 10.7. The second kappa shape index (κ2) is 4.62. The van der Waals surface area contributed by atoms with E-state index < -0.39 is 49.2 Å². The van der Waals surface area contributed by atoms with Gasteiger partial charge >= 0.3 is 5.97 Å². The van der Waals surface area contributed by atoms with Gasteiger partial charge < -0.3 is 35.4 Å². The lowest BCUT2D eigenvalue weighted by Crippen LogP contribution is -2.61. The minimum atomic E-state index is -2.68. The van der Waals surface area contributed by atoms with Crippen LogP contribution in [0.2, 0.25) is 0 Å².